The number of ether oxygens (including phenoxy) is 1. The minimum absolute atomic E-state index is 0.0410. The molecule has 0 aliphatic carbocycles. The van der Waals surface area contributed by atoms with Gasteiger partial charge in [0.05, 0.1) is 0 Å². The van der Waals surface area contributed by atoms with Gasteiger partial charge in [0, 0.05) is 6.42 Å². The summed E-state index contributed by atoms with van der Waals surface area (Å²) in [6, 6.07) is 9.27. The minimum Gasteiger partial charge on any atom is -0.463 e. The molecule has 1 atom stereocenters. The van der Waals surface area contributed by atoms with Crippen molar-refractivity contribution >= 4 is 5.97 Å². The number of carbonyl (C=O) groups is 1. The van der Waals surface area contributed by atoms with Crippen molar-refractivity contribution in [3.63, 3.8) is 0 Å². The fraction of sp³-hybridized carbons (Fsp3) is 0.611. The highest BCUT2D eigenvalue weighted by Crippen LogP contribution is 2.13. The summed E-state index contributed by atoms with van der Waals surface area (Å²) < 4.78 is 5.11. The molecular formula is C18H28O3. The van der Waals surface area contributed by atoms with Gasteiger partial charge in [0.1, 0.15) is 12.7 Å². The number of rotatable bonds is 11. The Morgan fingerprint density at radius 3 is 2.33 bits per heavy atom. The predicted octanol–water partition coefficient (Wildman–Crippen LogP) is 4.40. The summed E-state index contributed by atoms with van der Waals surface area (Å²) in [5.74, 6) is -0.210. The van der Waals surface area contributed by atoms with E-state index in [9.17, 15) is 9.90 Å². The number of hydrogen-bond donors (Lipinski definition) is 1. The van der Waals surface area contributed by atoms with E-state index >= 15 is 0 Å². The maximum Gasteiger partial charge on any atom is 0.305 e. The molecule has 0 aliphatic heterocycles. The van der Waals surface area contributed by atoms with Crippen LogP contribution in [0.3, 0.4) is 0 Å². The van der Waals surface area contributed by atoms with Crippen LogP contribution in [-0.4, -0.2) is 17.7 Å². The Morgan fingerprint density at radius 1 is 1.05 bits per heavy atom. The molecule has 0 fully saturated rings. The van der Waals surface area contributed by atoms with Gasteiger partial charge in [-0.15, -0.1) is 0 Å². The highest BCUT2D eigenvalue weighted by Gasteiger charge is 2.10. The number of aliphatic hydroxyl groups is 1. The number of aliphatic hydroxyl groups excluding tert-OH is 1. The van der Waals surface area contributed by atoms with Crippen LogP contribution in [-0.2, 0) is 9.53 Å². The molecule has 0 spiro atoms. The van der Waals surface area contributed by atoms with Crippen LogP contribution in [0.5, 0.6) is 0 Å². The Balaban J connectivity index is 2.03. The van der Waals surface area contributed by atoms with E-state index in [2.05, 4.69) is 6.92 Å². The molecule has 0 heterocycles. The van der Waals surface area contributed by atoms with E-state index in [1.807, 2.05) is 30.3 Å². The van der Waals surface area contributed by atoms with E-state index in [4.69, 9.17) is 4.74 Å². The molecule has 0 amide bonds. The Morgan fingerprint density at radius 2 is 1.67 bits per heavy atom. The quantitative estimate of drug-likeness (QED) is 0.485. The van der Waals surface area contributed by atoms with Gasteiger partial charge in [-0.05, 0) is 12.0 Å². The molecule has 0 saturated heterocycles. The third-order valence-corrected chi connectivity index (χ3v) is 3.57. The number of hydrogen-bond acceptors (Lipinski definition) is 3. The van der Waals surface area contributed by atoms with Gasteiger partial charge >= 0.3 is 5.97 Å². The molecule has 118 valence electrons. The van der Waals surface area contributed by atoms with Crippen LogP contribution in [0.2, 0.25) is 0 Å². The van der Waals surface area contributed by atoms with Crippen LogP contribution in [0.4, 0.5) is 0 Å². The summed E-state index contributed by atoms with van der Waals surface area (Å²) in [4.78, 5) is 11.6. The lowest BCUT2D eigenvalue weighted by Crippen LogP contribution is -2.12. The number of benzene rings is 1. The number of unbranched alkanes of at least 4 members (excludes halogenated alkanes) is 6. The SMILES string of the molecule is CCCCCCCCCC(=O)OC[C@@H](O)c1ccccc1. The lowest BCUT2D eigenvalue weighted by molar-refractivity contribution is -0.146. The summed E-state index contributed by atoms with van der Waals surface area (Å²) in [5, 5.41) is 9.88. The van der Waals surface area contributed by atoms with Crippen LogP contribution < -0.4 is 0 Å². The molecule has 0 radical (unpaired) electrons. The van der Waals surface area contributed by atoms with E-state index in [1.165, 1.54) is 32.1 Å². The smallest absolute Gasteiger partial charge is 0.305 e. The predicted molar refractivity (Wildman–Crippen MR) is 85.0 cm³/mol. The fourth-order valence-electron chi connectivity index (χ4n) is 2.24. The van der Waals surface area contributed by atoms with Crippen LogP contribution in [0, 0.1) is 0 Å². The van der Waals surface area contributed by atoms with E-state index in [-0.39, 0.29) is 12.6 Å². The lowest BCUT2D eigenvalue weighted by atomic mass is 10.1. The van der Waals surface area contributed by atoms with Gasteiger partial charge in [0.2, 0.25) is 0 Å². The Kier molecular flexibility index (Phi) is 9.55. The van der Waals surface area contributed by atoms with Crippen molar-refractivity contribution in [1.29, 1.82) is 0 Å². The van der Waals surface area contributed by atoms with Crippen LogP contribution >= 0.6 is 0 Å². The first-order chi connectivity index (χ1) is 10.2. The summed E-state index contributed by atoms with van der Waals surface area (Å²) >= 11 is 0. The Bertz CT molecular complexity index is 375. The van der Waals surface area contributed by atoms with Crippen LogP contribution in [0.15, 0.2) is 30.3 Å². The first kappa shape index (κ1) is 17.7. The van der Waals surface area contributed by atoms with Crippen LogP contribution in [0.25, 0.3) is 0 Å². The third-order valence-electron chi connectivity index (χ3n) is 3.57. The average molecular weight is 292 g/mol. The topological polar surface area (TPSA) is 46.5 Å². The summed E-state index contributed by atoms with van der Waals surface area (Å²) in [5.41, 5.74) is 0.779. The van der Waals surface area contributed by atoms with E-state index in [0.717, 1.165) is 18.4 Å². The largest absolute Gasteiger partial charge is 0.463 e. The average Bonchev–Trinajstić information content (AvgIpc) is 2.52. The molecule has 3 nitrogen and oxygen atoms in total. The molecule has 0 saturated carbocycles. The van der Waals surface area contributed by atoms with Gasteiger partial charge in [-0.2, -0.15) is 0 Å². The van der Waals surface area contributed by atoms with Crippen molar-refractivity contribution in [2.24, 2.45) is 0 Å². The van der Waals surface area contributed by atoms with Crippen molar-refractivity contribution in [2.75, 3.05) is 6.61 Å². The van der Waals surface area contributed by atoms with Gasteiger partial charge in [-0.3, -0.25) is 4.79 Å². The molecular weight excluding hydrogens is 264 g/mol. The molecule has 21 heavy (non-hydrogen) atoms. The number of carbonyl (C=O) groups excluding carboxylic acids is 1. The zero-order chi connectivity index (χ0) is 15.3. The third kappa shape index (κ3) is 8.51. The Hall–Kier alpha value is -1.35. The van der Waals surface area contributed by atoms with E-state index < -0.39 is 6.10 Å². The molecule has 0 bridgehead atoms. The van der Waals surface area contributed by atoms with Crippen molar-refractivity contribution in [2.45, 2.75) is 64.4 Å². The lowest BCUT2D eigenvalue weighted by Gasteiger charge is -2.11. The summed E-state index contributed by atoms with van der Waals surface area (Å²) in [6.07, 6.45) is 8.00. The molecule has 1 aromatic rings. The van der Waals surface area contributed by atoms with Crippen molar-refractivity contribution in [3.8, 4) is 0 Å². The zero-order valence-electron chi connectivity index (χ0n) is 13.1. The molecule has 0 aromatic heterocycles. The minimum atomic E-state index is -0.732. The van der Waals surface area contributed by atoms with Gasteiger partial charge < -0.3 is 9.84 Å². The van der Waals surface area contributed by atoms with E-state index in [1.54, 1.807) is 0 Å². The van der Waals surface area contributed by atoms with Crippen molar-refractivity contribution < 1.29 is 14.6 Å². The van der Waals surface area contributed by atoms with Crippen molar-refractivity contribution in [1.82, 2.24) is 0 Å². The highest BCUT2D eigenvalue weighted by atomic mass is 16.5. The first-order valence-electron chi connectivity index (χ1n) is 8.12. The number of esters is 1. The zero-order valence-corrected chi connectivity index (χ0v) is 13.1. The molecule has 0 aliphatic rings. The molecule has 1 aromatic carbocycles. The second-order valence-electron chi connectivity index (χ2n) is 5.48. The Labute approximate surface area is 128 Å². The monoisotopic (exact) mass is 292 g/mol. The second kappa shape index (κ2) is 11.3. The second-order valence-corrected chi connectivity index (χ2v) is 5.48. The summed E-state index contributed by atoms with van der Waals surface area (Å²) in [7, 11) is 0. The van der Waals surface area contributed by atoms with E-state index in [0.29, 0.717) is 6.42 Å². The molecule has 1 N–H and O–H groups in total. The van der Waals surface area contributed by atoms with Crippen LogP contribution in [0.1, 0.15) is 70.0 Å². The molecule has 1 rings (SSSR count). The highest BCUT2D eigenvalue weighted by molar-refractivity contribution is 5.69. The maximum atomic E-state index is 11.6. The van der Waals surface area contributed by atoms with Crippen molar-refractivity contribution in [3.05, 3.63) is 35.9 Å². The van der Waals surface area contributed by atoms with Gasteiger partial charge in [0.25, 0.3) is 0 Å². The maximum absolute atomic E-state index is 11.6. The standard InChI is InChI=1S/C18H28O3/c1-2-3-4-5-6-7-11-14-18(20)21-15-17(19)16-12-9-8-10-13-16/h8-10,12-13,17,19H,2-7,11,14-15H2,1H3/t17-/m1/s1. The summed E-state index contributed by atoms with van der Waals surface area (Å²) in [6.45, 7) is 2.25. The normalized spacial score (nSPS) is 12.1. The van der Waals surface area contributed by atoms with Gasteiger partial charge in [-0.25, -0.2) is 0 Å². The first-order valence-corrected chi connectivity index (χ1v) is 8.12. The molecule has 3 heteroatoms. The van der Waals surface area contributed by atoms with Gasteiger partial charge in [0.15, 0.2) is 0 Å². The fourth-order valence-corrected chi connectivity index (χ4v) is 2.24. The molecule has 0 unspecified atom stereocenters. The van der Waals surface area contributed by atoms with Gasteiger partial charge in [-0.1, -0.05) is 75.8 Å².